The molecule has 0 radical (unpaired) electrons. The highest BCUT2D eigenvalue weighted by atomic mass is 35.5. The molecule has 0 fully saturated rings. The second-order valence-corrected chi connectivity index (χ2v) is 9.18. The molecule has 6 nitrogen and oxygen atoms in total. The number of aryl methyl sites for hydroxylation is 1. The van der Waals surface area contributed by atoms with Crippen molar-refractivity contribution in [2.75, 3.05) is 0 Å². The van der Waals surface area contributed by atoms with Crippen molar-refractivity contribution in [3.05, 3.63) is 95.1 Å². The van der Waals surface area contributed by atoms with Gasteiger partial charge in [-0.2, -0.15) is 5.10 Å². The Morgan fingerprint density at radius 3 is 2.55 bits per heavy atom. The van der Waals surface area contributed by atoms with Crippen LogP contribution in [0.3, 0.4) is 0 Å². The van der Waals surface area contributed by atoms with Crippen molar-refractivity contribution >= 4 is 23.4 Å². The van der Waals surface area contributed by atoms with Gasteiger partial charge in [0.2, 0.25) is 0 Å². The van der Waals surface area contributed by atoms with Gasteiger partial charge in [0.15, 0.2) is 5.82 Å². The Bertz CT molecular complexity index is 1400. The summed E-state index contributed by atoms with van der Waals surface area (Å²) in [6.07, 6.45) is 8.01. The number of rotatable bonds is 5. The van der Waals surface area contributed by atoms with E-state index in [1.165, 1.54) is 0 Å². The van der Waals surface area contributed by atoms with E-state index >= 15 is 0 Å². The van der Waals surface area contributed by atoms with E-state index in [0.717, 1.165) is 49.8 Å². The van der Waals surface area contributed by atoms with E-state index in [1.807, 2.05) is 55.1 Å². The summed E-state index contributed by atoms with van der Waals surface area (Å²) in [4.78, 5) is 14.9. The van der Waals surface area contributed by atoms with E-state index in [4.69, 9.17) is 16.6 Å². The summed E-state index contributed by atoms with van der Waals surface area (Å²) in [5, 5.41) is 6.04. The molecule has 0 saturated carbocycles. The molecule has 0 aliphatic heterocycles. The van der Waals surface area contributed by atoms with E-state index in [9.17, 15) is 0 Å². The Labute approximate surface area is 201 Å². The molecule has 3 aromatic heterocycles. The Kier molecular flexibility index (Phi) is 5.74. The zero-order valence-corrected chi connectivity index (χ0v) is 19.8. The summed E-state index contributed by atoms with van der Waals surface area (Å²) in [6, 6.07) is 14.0. The standard InChI is InChI=1S/C25H21ClN6S/c1-16-14-20(11-12-21(16)26)33-25-23(30-24(31(25)3)22-6-4-5-13-27-22)18-7-9-19(10-8-18)32-17(2)28-15-29-32/h4-13,15H,1,14H2,2-3H3. The van der Waals surface area contributed by atoms with Crippen LogP contribution in [0.4, 0.5) is 0 Å². The van der Waals surface area contributed by atoms with Crippen molar-refractivity contribution in [1.82, 2.24) is 29.3 Å². The lowest BCUT2D eigenvalue weighted by Crippen LogP contribution is -1.99. The third kappa shape index (κ3) is 4.17. The third-order valence-corrected chi connectivity index (χ3v) is 7.01. The molecule has 8 heteroatoms. The van der Waals surface area contributed by atoms with Crippen LogP contribution in [0.2, 0.25) is 0 Å². The fourth-order valence-electron chi connectivity index (χ4n) is 3.66. The minimum atomic E-state index is 0.706. The molecule has 0 bridgehead atoms. The first kappa shape index (κ1) is 21.4. The molecule has 1 aliphatic rings. The summed E-state index contributed by atoms with van der Waals surface area (Å²) in [7, 11) is 2.02. The van der Waals surface area contributed by atoms with Crippen molar-refractivity contribution in [2.45, 2.75) is 18.4 Å². The number of hydrogen-bond acceptors (Lipinski definition) is 5. The fourth-order valence-corrected chi connectivity index (χ4v) is 4.90. The van der Waals surface area contributed by atoms with E-state index in [1.54, 1.807) is 24.3 Å². The first-order valence-electron chi connectivity index (χ1n) is 10.4. The molecule has 0 spiro atoms. The maximum Gasteiger partial charge on any atom is 0.159 e. The van der Waals surface area contributed by atoms with Crippen molar-refractivity contribution in [2.24, 2.45) is 7.05 Å². The molecular formula is C25H21ClN6S. The van der Waals surface area contributed by atoms with Crippen LogP contribution in [0, 0.1) is 6.92 Å². The number of nitrogens with zero attached hydrogens (tertiary/aromatic N) is 6. The summed E-state index contributed by atoms with van der Waals surface area (Å²) in [5.74, 6) is 1.65. The molecule has 4 aromatic rings. The molecule has 5 rings (SSSR count). The number of pyridine rings is 1. The highest BCUT2D eigenvalue weighted by Crippen LogP contribution is 2.42. The summed E-state index contributed by atoms with van der Waals surface area (Å²) in [6.45, 7) is 6.01. The number of thioether (sulfide) groups is 1. The first-order chi connectivity index (χ1) is 16.0. The second-order valence-electron chi connectivity index (χ2n) is 7.66. The molecule has 1 aliphatic carbocycles. The molecule has 0 N–H and O–H groups in total. The zero-order valence-electron chi connectivity index (χ0n) is 18.2. The SMILES string of the molecule is C=C1CC(Sc2c(-c3ccc(-n4ncnc4C)cc3)nc(-c3ccccn3)n2C)=CC=C1Cl. The van der Waals surface area contributed by atoms with Gasteiger partial charge in [0.25, 0.3) is 0 Å². The average molecular weight is 473 g/mol. The van der Waals surface area contributed by atoms with Crippen molar-refractivity contribution < 1.29 is 0 Å². The number of benzene rings is 1. The number of hydrogen-bond donors (Lipinski definition) is 0. The van der Waals surface area contributed by atoms with Crippen LogP contribution < -0.4 is 0 Å². The molecule has 3 heterocycles. The molecule has 0 atom stereocenters. The Morgan fingerprint density at radius 1 is 1.06 bits per heavy atom. The fraction of sp³-hybridized carbons (Fsp3) is 0.120. The van der Waals surface area contributed by atoms with Gasteiger partial charge in [-0.1, -0.05) is 54.2 Å². The monoisotopic (exact) mass is 472 g/mol. The van der Waals surface area contributed by atoms with Gasteiger partial charge in [0, 0.05) is 30.3 Å². The number of allylic oxidation sites excluding steroid dienone is 5. The quantitative estimate of drug-likeness (QED) is 0.351. The van der Waals surface area contributed by atoms with Crippen molar-refractivity contribution in [3.63, 3.8) is 0 Å². The minimum absolute atomic E-state index is 0.706. The Morgan fingerprint density at radius 2 is 1.88 bits per heavy atom. The van der Waals surface area contributed by atoms with Crippen LogP contribution in [0.25, 0.3) is 28.5 Å². The summed E-state index contributed by atoms with van der Waals surface area (Å²) >= 11 is 7.90. The lowest BCUT2D eigenvalue weighted by Gasteiger charge is -2.14. The van der Waals surface area contributed by atoms with Gasteiger partial charge < -0.3 is 4.57 Å². The van der Waals surface area contributed by atoms with Gasteiger partial charge in [0.1, 0.15) is 28.6 Å². The van der Waals surface area contributed by atoms with Crippen LogP contribution in [0.15, 0.2) is 94.3 Å². The van der Waals surface area contributed by atoms with E-state index in [0.29, 0.717) is 11.5 Å². The first-order valence-corrected chi connectivity index (χ1v) is 11.6. The minimum Gasteiger partial charge on any atom is -0.320 e. The highest BCUT2D eigenvalue weighted by molar-refractivity contribution is 8.03. The lowest BCUT2D eigenvalue weighted by atomic mass is 10.1. The largest absolute Gasteiger partial charge is 0.320 e. The maximum atomic E-state index is 6.22. The lowest BCUT2D eigenvalue weighted by molar-refractivity contribution is 0.832. The van der Waals surface area contributed by atoms with Gasteiger partial charge in [-0.25, -0.2) is 14.6 Å². The molecule has 0 amide bonds. The molecular weight excluding hydrogens is 452 g/mol. The predicted molar refractivity (Wildman–Crippen MR) is 133 cm³/mol. The van der Waals surface area contributed by atoms with Crippen LogP contribution in [0.1, 0.15) is 12.2 Å². The zero-order chi connectivity index (χ0) is 22.9. The van der Waals surface area contributed by atoms with Gasteiger partial charge in [-0.05, 0) is 47.7 Å². The van der Waals surface area contributed by atoms with Gasteiger partial charge in [-0.15, -0.1) is 0 Å². The van der Waals surface area contributed by atoms with Crippen LogP contribution in [-0.4, -0.2) is 29.3 Å². The topological polar surface area (TPSA) is 61.4 Å². The average Bonchev–Trinajstić information content (AvgIpc) is 3.40. The van der Waals surface area contributed by atoms with E-state index < -0.39 is 0 Å². The number of aromatic nitrogens is 6. The van der Waals surface area contributed by atoms with Crippen molar-refractivity contribution in [1.29, 1.82) is 0 Å². The summed E-state index contributed by atoms with van der Waals surface area (Å²) < 4.78 is 3.91. The Balaban J connectivity index is 1.58. The van der Waals surface area contributed by atoms with Crippen LogP contribution >= 0.6 is 23.4 Å². The second kappa shape index (κ2) is 8.84. The molecule has 164 valence electrons. The number of halogens is 1. The predicted octanol–water partition coefficient (Wildman–Crippen LogP) is 6.10. The maximum absolute atomic E-state index is 6.22. The molecule has 0 unspecified atom stereocenters. The van der Waals surface area contributed by atoms with Gasteiger partial charge >= 0.3 is 0 Å². The normalized spacial score (nSPS) is 13.7. The van der Waals surface area contributed by atoms with Crippen LogP contribution in [0.5, 0.6) is 0 Å². The van der Waals surface area contributed by atoms with Crippen molar-refractivity contribution in [3.8, 4) is 28.5 Å². The van der Waals surface area contributed by atoms with E-state index in [-0.39, 0.29) is 0 Å². The highest BCUT2D eigenvalue weighted by Gasteiger charge is 2.21. The van der Waals surface area contributed by atoms with E-state index in [2.05, 4.69) is 44.4 Å². The molecule has 0 saturated heterocycles. The summed E-state index contributed by atoms with van der Waals surface area (Å²) in [5.41, 5.74) is 4.61. The van der Waals surface area contributed by atoms with Gasteiger partial charge in [0.05, 0.1) is 5.69 Å². The number of imidazole rings is 1. The third-order valence-electron chi connectivity index (χ3n) is 5.41. The molecule has 33 heavy (non-hydrogen) atoms. The smallest absolute Gasteiger partial charge is 0.159 e. The van der Waals surface area contributed by atoms with Crippen LogP contribution in [-0.2, 0) is 7.05 Å². The Hall–Kier alpha value is -3.42. The van der Waals surface area contributed by atoms with Gasteiger partial charge in [-0.3, -0.25) is 4.98 Å². The molecule has 1 aromatic carbocycles.